The maximum atomic E-state index is 6.21. The number of furan rings is 1. The molecule has 4 rings (SSSR count). The number of para-hydroxylation sites is 1. The lowest BCUT2D eigenvalue weighted by molar-refractivity contribution is 0.632. The summed E-state index contributed by atoms with van der Waals surface area (Å²) in [6.45, 7) is 0. The van der Waals surface area contributed by atoms with Crippen LogP contribution >= 0.6 is 0 Å². The highest BCUT2D eigenvalue weighted by Crippen LogP contribution is 2.40. The summed E-state index contributed by atoms with van der Waals surface area (Å²) in [7, 11) is 4.11. The molecule has 0 spiro atoms. The molecule has 1 aromatic heterocycles. The normalized spacial score (nSPS) is 10.9. The fraction of sp³-hybridized carbons (Fsp3) is 0.0909. The Morgan fingerprint density at radius 1 is 0.667 bits per heavy atom. The molecule has 2 nitrogen and oxygen atoms in total. The molecule has 24 heavy (non-hydrogen) atoms. The van der Waals surface area contributed by atoms with Crippen molar-refractivity contribution in [3.05, 3.63) is 78.9 Å². The molecule has 0 aliphatic carbocycles. The minimum atomic E-state index is 0.919. The van der Waals surface area contributed by atoms with Crippen LogP contribution in [0.5, 0.6) is 0 Å². The highest BCUT2D eigenvalue weighted by atomic mass is 16.3. The van der Waals surface area contributed by atoms with Gasteiger partial charge in [0, 0.05) is 36.3 Å². The van der Waals surface area contributed by atoms with Crippen molar-refractivity contribution in [2.45, 2.75) is 0 Å². The molecule has 0 saturated heterocycles. The first-order valence-corrected chi connectivity index (χ1v) is 8.09. The summed E-state index contributed by atoms with van der Waals surface area (Å²) in [6.07, 6.45) is 0. The predicted molar refractivity (Wildman–Crippen MR) is 101 cm³/mol. The molecule has 0 bridgehead atoms. The van der Waals surface area contributed by atoms with Crippen molar-refractivity contribution in [2.24, 2.45) is 0 Å². The van der Waals surface area contributed by atoms with E-state index in [9.17, 15) is 0 Å². The second-order valence-corrected chi connectivity index (χ2v) is 6.11. The van der Waals surface area contributed by atoms with Crippen LogP contribution in [0.15, 0.2) is 83.3 Å². The monoisotopic (exact) mass is 313 g/mol. The molecule has 3 aromatic carbocycles. The summed E-state index contributed by atoms with van der Waals surface area (Å²) in [5.41, 5.74) is 5.53. The van der Waals surface area contributed by atoms with Gasteiger partial charge in [-0.05, 0) is 23.8 Å². The summed E-state index contributed by atoms with van der Waals surface area (Å²) in [5.74, 6) is 0.925. The second kappa shape index (κ2) is 5.89. The van der Waals surface area contributed by atoms with E-state index in [1.807, 2.05) is 30.3 Å². The molecular weight excluding hydrogens is 294 g/mol. The molecule has 0 unspecified atom stereocenters. The third-order valence-electron chi connectivity index (χ3n) is 4.30. The smallest absolute Gasteiger partial charge is 0.143 e. The molecule has 0 radical (unpaired) electrons. The van der Waals surface area contributed by atoms with Crippen molar-refractivity contribution < 1.29 is 4.42 Å². The van der Waals surface area contributed by atoms with Gasteiger partial charge in [0.1, 0.15) is 11.3 Å². The highest BCUT2D eigenvalue weighted by Gasteiger charge is 2.17. The molecule has 4 aromatic rings. The Balaban J connectivity index is 1.96. The third kappa shape index (κ3) is 2.46. The molecule has 0 N–H and O–H groups in total. The van der Waals surface area contributed by atoms with E-state index in [1.165, 1.54) is 11.3 Å². The predicted octanol–water partition coefficient (Wildman–Crippen LogP) is 5.83. The molecule has 0 fully saturated rings. The summed E-state index contributed by atoms with van der Waals surface area (Å²) >= 11 is 0. The Bertz CT molecular complexity index is 966. The molecule has 2 heteroatoms. The van der Waals surface area contributed by atoms with E-state index in [0.29, 0.717) is 0 Å². The van der Waals surface area contributed by atoms with Gasteiger partial charge in [-0.1, -0.05) is 60.7 Å². The average molecular weight is 313 g/mol. The maximum Gasteiger partial charge on any atom is 0.143 e. The SMILES string of the molecule is CN(C)c1ccc(-c2c(-c3ccccc3)oc3ccccc23)cc1. The van der Waals surface area contributed by atoms with E-state index in [1.54, 1.807) is 0 Å². The van der Waals surface area contributed by atoms with Gasteiger partial charge >= 0.3 is 0 Å². The van der Waals surface area contributed by atoms with Crippen LogP contribution < -0.4 is 4.90 Å². The molecule has 0 aliphatic heterocycles. The summed E-state index contributed by atoms with van der Waals surface area (Å²) in [6, 6.07) is 27.1. The second-order valence-electron chi connectivity index (χ2n) is 6.11. The molecule has 1 heterocycles. The first-order chi connectivity index (χ1) is 11.7. The van der Waals surface area contributed by atoms with Crippen LogP contribution in [0.1, 0.15) is 0 Å². The van der Waals surface area contributed by atoms with Crippen LogP contribution in [0.4, 0.5) is 5.69 Å². The highest BCUT2D eigenvalue weighted by molar-refractivity contribution is 6.01. The summed E-state index contributed by atoms with van der Waals surface area (Å²) in [5, 5.41) is 1.15. The topological polar surface area (TPSA) is 16.4 Å². The standard InChI is InChI=1S/C22H19NO/c1-23(2)18-14-12-16(13-15-18)21-19-10-6-7-11-20(19)24-22(21)17-8-4-3-5-9-17/h3-15H,1-2H3. The van der Waals surface area contributed by atoms with Crippen molar-refractivity contribution in [3.8, 4) is 22.5 Å². The van der Waals surface area contributed by atoms with E-state index in [4.69, 9.17) is 4.42 Å². The van der Waals surface area contributed by atoms with Gasteiger partial charge in [0.05, 0.1) is 0 Å². The lowest BCUT2D eigenvalue weighted by atomic mass is 9.98. The lowest BCUT2D eigenvalue weighted by Gasteiger charge is -2.13. The summed E-state index contributed by atoms with van der Waals surface area (Å²) < 4.78 is 6.21. The average Bonchev–Trinajstić information content (AvgIpc) is 3.02. The van der Waals surface area contributed by atoms with Crippen LogP contribution in [-0.4, -0.2) is 14.1 Å². The van der Waals surface area contributed by atoms with E-state index >= 15 is 0 Å². The van der Waals surface area contributed by atoms with Crippen molar-refractivity contribution in [3.63, 3.8) is 0 Å². The molecular formula is C22H19NO. The number of benzene rings is 3. The molecule has 0 saturated carbocycles. The van der Waals surface area contributed by atoms with Crippen LogP contribution in [-0.2, 0) is 0 Å². The third-order valence-corrected chi connectivity index (χ3v) is 4.30. The zero-order chi connectivity index (χ0) is 16.5. The van der Waals surface area contributed by atoms with Crippen molar-refractivity contribution in [1.29, 1.82) is 0 Å². The number of nitrogens with zero attached hydrogens (tertiary/aromatic N) is 1. The van der Waals surface area contributed by atoms with E-state index in [-0.39, 0.29) is 0 Å². The van der Waals surface area contributed by atoms with Crippen LogP contribution in [0.2, 0.25) is 0 Å². The fourth-order valence-electron chi connectivity index (χ4n) is 3.05. The zero-order valence-corrected chi connectivity index (χ0v) is 13.9. The van der Waals surface area contributed by atoms with Crippen molar-refractivity contribution >= 4 is 16.7 Å². The van der Waals surface area contributed by atoms with Gasteiger partial charge in [-0.15, -0.1) is 0 Å². The summed E-state index contributed by atoms with van der Waals surface area (Å²) in [4.78, 5) is 2.11. The number of hydrogen-bond donors (Lipinski definition) is 0. The largest absolute Gasteiger partial charge is 0.455 e. The first kappa shape index (κ1) is 14.6. The van der Waals surface area contributed by atoms with Crippen molar-refractivity contribution in [2.75, 3.05) is 19.0 Å². The Hall–Kier alpha value is -3.00. The van der Waals surface area contributed by atoms with Crippen LogP contribution in [0.3, 0.4) is 0 Å². The number of hydrogen-bond acceptors (Lipinski definition) is 2. The van der Waals surface area contributed by atoms with Gasteiger partial charge in [0.2, 0.25) is 0 Å². The quantitative estimate of drug-likeness (QED) is 0.473. The van der Waals surface area contributed by atoms with Crippen molar-refractivity contribution in [1.82, 2.24) is 0 Å². The molecule has 118 valence electrons. The van der Waals surface area contributed by atoms with E-state index in [2.05, 4.69) is 67.5 Å². The number of rotatable bonds is 3. The number of fused-ring (bicyclic) bond motifs is 1. The fourth-order valence-corrected chi connectivity index (χ4v) is 3.05. The van der Waals surface area contributed by atoms with Gasteiger partial charge in [-0.2, -0.15) is 0 Å². The zero-order valence-electron chi connectivity index (χ0n) is 13.9. The minimum absolute atomic E-state index is 0.919. The maximum absolute atomic E-state index is 6.21. The molecule has 0 amide bonds. The van der Waals surface area contributed by atoms with Crippen LogP contribution in [0, 0.1) is 0 Å². The van der Waals surface area contributed by atoms with E-state index in [0.717, 1.165) is 27.9 Å². The Morgan fingerprint density at radius 3 is 2.04 bits per heavy atom. The van der Waals surface area contributed by atoms with Crippen LogP contribution in [0.25, 0.3) is 33.4 Å². The van der Waals surface area contributed by atoms with Gasteiger partial charge in [0.15, 0.2) is 0 Å². The van der Waals surface area contributed by atoms with E-state index < -0.39 is 0 Å². The Labute approximate surface area is 142 Å². The van der Waals surface area contributed by atoms with Gasteiger partial charge in [0.25, 0.3) is 0 Å². The molecule has 0 aliphatic rings. The van der Waals surface area contributed by atoms with Gasteiger partial charge in [-0.3, -0.25) is 0 Å². The lowest BCUT2D eigenvalue weighted by Crippen LogP contribution is -2.07. The van der Waals surface area contributed by atoms with Gasteiger partial charge in [-0.25, -0.2) is 0 Å². The minimum Gasteiger partial charge on any atom is -0.455 e. The first-order valence-electron chi connectivity index (χ1n) is 8.09. The molecule has 0 atom stereocenters. The van der Waals surface area contributed by atoms with Gasteiger partial charge < -0.3 is 9.32 Å². The number of anilines is 1. The Kier molecular flexibility index (Phi) is 3.58. The Morgan fingerprint density at radius 2 is 1.33 bits per heavy atom.